The lowest BCUT2D eigenvalue weighted by Gasteiger charge is -2.08. The summed E-state index contributed by atoms with van der Waals surface area (Å²) >= 11 is 0. The van der Waals surface area contributed by atoms with Crippen molar-refractivity contribution in [2.45, 2.75) is 25.3 Å². The first-order valence-corrected chi connectivity index (χ1v) is 9.89. The zero-order valence-corrected chi connectivity index (χ0v) is 16.8. The van der Waals surface area contributed by atoms with Crippen molar-refractivity contribution < 1.29 is 9.53 Å². The molecule has 3 aromatic rings. The summed E-state index contributed by atoms with van der Waals surface area (Å²) in [5, 5.41) is 7.78. The topological polar surface area (TPSA) is 85.2 Å². The Morgan fingerprint density at radius 3 is 2.97 bits per heavy atom. The molecule has 1 saturated heterocycles. The van der Waals surface area contributed by atoms with E-state index in [2.05, 4.69) is 27.2 Å². The minimum absolute atomic E-state index is 0.0292. The van der Waals surface area contributed by atoms with Crippen LogP contribution in [0, 0.1) is 0 Å². The van der Waals surface area contributed by atoms with Crippen molar-refractivity contribution >= 4 is 17.1 Å². The van der Waals surface area contributed by atoms with E-state index in [-0.39, 0.29) is 5.91 Å². The van der Waals surface area contributed by atoms with Gasteiger partial charge in [0.1, 0.15) is 11.3 Å². The summed E-state index contributed by atoms with van der Waals surface area (Å²) in [6.45, 7) is 3.10. The SMILES string of the molecule is COc1cccc(CC(=O)NCCn2nc([C@H]3CCN(C)C3)c3nccnc32)c1. The Morgan fingerprint density at radius 1 is 1.31 bits per heavy atom. The fourth-order valence-corrected chi connectivity index (χ4v) is 3.85. The van der Waals surface area contributed by atoms with Gasteiger partial charge in [0.05, 0.1) is 25.8 Å². The van der Waals surface area contributed by atoms with Gasteiger partial charge in [-0.25, -0.2) is 14.6 Å². The number of benzene rings is 1. The maximum Gasteiger partial charge on any atom is 0.224 e. The summed E-state index contributed by atoms with van der Waals surface area (Å²) in [5.41, 5.74) is 3.58. The number of carbonyl (C=O) groups is 1. The van der Waals surface area contributed by atoms with E-state index >= 15 is 0 Å². The van der Waals surface area contributed by atoms with E-state index in [1.807, 2.05) is 28.9 Å². The van der Waals surface area contributed by atoms with Crippen LogP contribution in [0.5, 0.6) is 5.75 Å². The van der Waals surface area contributed by atoms with Crippen LogP contribution in [-0.2, 0) is 17.8 Å². The van der Waals surface area contributed by atoms with E-state index < -0.39 is 0 Å². The Bertz CT molecular complexity index is 1000. The number of fused-ring (bicyclic) bond motifs is 1. The molecule has 3 heterocycles. The zero-order valence-electron chi connectivity index (χ0n) is 16.8. The number of nitrogens with one attached hydrogen (secondary N) is 1. The lowest BCUT2D eigenvalue weighted by molar-refractivity contribution is -0.120. The average molecular weight is 394 g/mol. The molecule has 1 amide bonds. The van der Waals surface area contributed by atoms with Gasteiger partial charge in [-0.1, -0.05) is 12.1 Å². The molecular formula is C21H26N6O2. The van der Waals surface area contributed by atoms with Crippen LogP contribution in [0.3, 0.4) is 0 Å². The molecule has 0 aliphatic carbocycles. The number of ether oxygens (including phenoxy) is 1. The Kier molecular flexibility index (Phi) is 5.71. The van der Waals surface area contributed by atoms with Crippen LogP contribution in [0.4, 0.5) is 0 Å². The highest BCUT2D eigenvalue weighted by Crippen LogP contribution is 2.29. The Labute approximate surface area is 169 Å². The number of hydrogen-bond acceptors (Lipinski definition) is 6. The highest BCUT2D eigenvalue weighted by atomic mass is 16.5. The molecule has 0 unspecified atom stereocenters. The fraction of sp³-hybridized carbons (Fsp3) is 0.429. The van der Waals surface area contributed by atoms with Crippen LogP contribution in [0.2, 0.25) is 0 Å². The molecule has 152 valence electrons. The van der Waals surface area contributed by atoms with Crippen molar-refractivity contribution in [3.05, 3.63) is 47.9 Å². The number of amides is 1. The third kappa shape index (κ3) is 4.37. The highest BCUT2D eigenvalue weighted by Gasteiger charge is 2.27. The first-order chi connectivity index (χ1) is 14.1. The molecule has 0 spiro atoms. The van der Waals surface area contributed by atoms with Crippen LogP contribution >= 0.6 is 0 Å². The molecule has 29 heavy (non-hydrogen) atoms. The number of likely N-dealkylation sites (N-methyl/N-ethyl adjacent to an activating group) is 1. The van der Waals surface area contributed by atoms with Gasteiger partial charge in [0.2, 0.25) is 5.91 Å². The lowest BCUT2D eigenvalue weighted by atomic mass is 10.0. The van der Waals surface area contributed by atoms with Crippen molar-refractivity contribution in [2.75, 3.05) is 33.8 Å². The van der Waals surface area contributed by atoms with Gasteiger partial charge in [0, 0.05) is 31.4 Å². The Morgan fingerprint density at radius 2 is 2.17 bits per heavy atom. The zero-order chi connectivity index (χ0) is 20.2. The molecule has 1 aliphatic rings. The predicted octanol–water partition coefficient (Wildman–Crippen LogP) is 1.61. The second kappa shape index (κ2) is 8.57. The second-order valence-electron chi connectivity index (χ2n) is 7.46. The monoisotopic (exact) mass is 394 g/mol. The number of methoxy groups -OCH3 is 1. The van der Waals surface area contributed by atoms with E-state index in [0.717, 1.165) is 47.7 Å². The summed E-state index contributed by atoms with van der Waals surface area (Å²) in [4.78, 5) is 23.6. The number of likely N-dealkylation sites (tertiary alicyclic amines) is 1. The molecule has 4 rings (SSSR count). The molecule has 0 bridgehead atoms. The summed E-state index contributed by atoms with van der Waals surface area (Å²) in [6, 6.07) is 7.55. The molecular weight excluding hydrogens is 368 g/mol. The molecule has 1 aromatic carbocycles. The number of carbonyl (C=O) groups excluding carboxylic acids is 1. The minimum Gasteiger partial charge on any atom is -0.497 e. The molecule has 1 fully saturated rings. The summed E-state index contributed by atoms with van der Waals surface area (Å²) in [5.74, 6) is 1.10. The third-order valence-electron chi connectivity index (χ3n) is 5.32. The largest absolute Gasteiger partial charge is 0.497 e. The van der Waals surface area contributed by atoms with E-state index in [1.54, 1.807) is 19.5 Å². The Hall–Kier alpha value is -3.00. The standard InChI is InChI=1S/C21H26N6O2/c1-26-10-6-16(14-26)19-20-21(24-8-7-23-20)27(25-19)11-9-22-18(28)13-15-4-3-5-17(12-15)29-2/h3-5,7-8,12,16H,6,9-11,13-14H2,1-2H3,(H,22,28)/t16-/m0/s1. The third-order valence-corrected chi connectivity index (χ3v) is 5.32. The lowest BCUT2D eigenvalue weighted by Crippen LogP contribution is -2.29. The molecule has 8 nitrogen and oxygen atoms in total. The van der Waals surface area contributed by atoms with Crippen molar-refractivity contribution in [3.8, 4) is 5.75 Å². The first-order valence-electron chi connectivity index (χ1n) is 9.89. The molecule has 0 radical (unpaired) electrons. The van der Waals surface area contributed by atoms with Gasteiger partial charge in [0.25, 0.3) is 0 Å². The van der Waals surface area contributed by atoms with Crippen molar-refractivity contribution in [2.24, 2.45) is 0 Å². The van der Waals surface area contributed by atoms with E-state index in [1.165, 1.54) is 0 Å². The normalized spacial score (nSPS) is 17.0. The van der Waals surface area contributed by atoms with E-state index in [4.69, 9.17) is 9.84 Å². The number of nitrogens with zero attached hydrogens (tertiary/aromatic N) is 5. The second-order valence-corrected chi connectivity index (χ2v) is 7.46. The van der Waals surface area contributed by atoms with Crippen molar-refractivity contribution in [1.82, 2.24) is 30.0 Å². The van der Waals surface area contributed by atoms with Gasteiger partial charge in [0.15, 0.2) is 5.65 Å². The molecule has 1 N–H and O–H groups in total. The minimum atomic E-state index is -0.0292. The summed E-state index contributed by atoms with van der Waals surface area (Å²) in [7, 11) is 3.75. The van der Waals surface area contributed by atoms with Crippen LogP contribution < -0.4 is 10.1 Å². The summed E-state index contributed by atoms with van der Waals surface area (Å²) < 4.78 is 7.07. The Balaban J connectivity index is 1.40. The van der Waals surface area contributed by atoms with Crippen LogP contribution in [0.25, 0.3) is 11.2 Å². The van der Waals surface area contributed by atoms with Crippen LogP contribution in [0.1, 0.15) is 23.6 Å². The highest BCUT2D eigenvalue weighted by molar-refractivity contribution is 5.78. The van der Waals surface area contributed by atoms with Gasteiger partial charge in [-0.3, -0.25) is 4.79 Å². The van der Waals surface area contributed by atoms with Crippen molar-refractivity contribution in [3.63, 3.8) is 0 Å². The van der Waals surface area contributed by atoms with Gasteiger partial charge >= 0.3 is 0 Å². The maximum absolute atomic E-state index is 12.3. The summed E-state index contributed by atoms with van der Waals surface area (Å²) in [6.07, 6.45) is 4.80. The number of rotatable bonds is 7. The molecule has 0 saturated carbocycles. The van der Waals surface area contributed by atoms with Gasteiger partial charge in [-0.15, -0.1) is 0 Å². The number of aromatic nitrogens is 4. The van der Waals surface area contributed by atoms with Crippen LogP contribution in [0.15, 0.2) is 36.7 Å². The molecule has 1 atom stereocenters. The van der Waals surface area contributed by atoms with E-state index in [9.17, 15) is 4.79 Å². The van der Waals surface area contributed by atoms with Gasteiger partial charge in [-0.2, -0.15) is 5.10 Å². The van der Waals surface area contributed by atoms with Gasteiger partial charge in [-0.05, 0) is 37.7 Å². The quantitative estimate of drug-likeness (QED) is 0.655. The van der Waals surface area contributed by atoms with E-state index in [0.29, 0.717) is 25.4 Å². The van der Waals surface area contributed by atoms with Crippen molar-refractivity contribution in [1.29, 1.82) is 0 Å². The number of hydrogen-bond donors (Lipinski definition) is 1. The average Bonchev–Trinajstić information content (AvgIpc) is 3.32. The predicted molar refractivity (Wildman–Crippen MR) is 110 cm³/mol. The first kappa shape index (κ1) is 19.3. The molecule has 8 heteroatoms. The molecule has 1 aliphatic heterocycles. The smallest absolute Gasteiger partial charge is 0.224 e. The maximum atomic E-state index is 12.3. The van der Waals surface area contributed by atoms with Gasteiger partial charge < -0.3 is 15.0 Å². The van der Waals surface area contributed by atoms with Crippen LogP contribution in [-0.4, -0.2) is 64.3 Å². The fourth-order valence-electron chi connectivity index (χ4n) is 3.85. The molecule has 2 aromatic heterocycles.